The summed E-state index contributed by atoms with van der Waals surface area (Å²) in [6.07, 6.45) is 1.96. The smallest absolute Gasteiger partial charge is 0.321 e. The van der Waals surface area contributed by atoms with Crippen LogP contribution in [0, 0.1) is 5.92 Å². The van der Waals surface area contributed by atoms with E-state index in [1.165, 1.54) is 5.56 Å². The average Bonchev–Trinajstić information content (AvgIpc) is 2.53. The molecular formula is C18H28N2O2S. The Morgan fingerprint density at radius 2 is 2.22 bits per heavy atom. The Morgan fingerprint density at radius 3 is 2.91 bits per heavy atom. The van der Waals surface area contributed by atoms with E-state index in [9.17, 15) is 9.90 Å². The normalized spacial score (nSPS) is 18.8. The number of hydrogen-bond donors (Lipinski definition) is 2. The van der Waals surface area contributed by atoms with Crippen LogP contribution in [0.1, 0.15) is 39.2 Å². The SMILES string of the molecule is CC(C)(C)SCc1cccc(NC(=O)N2CCC[C@H](CO)C2)c1. The number of amides is 2. The molecule has 2 N–H and O–H groups in total. The van der Waals surface area contributed by atoms with E-state index in [2.05, 4.69) is 32.2 Å². The van der Waals surface area contributed by atoms with Crippen LogP contribution in [0.2, 0.25) is 0 Å². The molecule has 1 aliphatic rings. The number of anilines is 1. The number of piperidine rings is 1. The number of carbonyl (C=O) groups is 1. The largest absolute Gasteiger partial charge is 0.396 e. The molecule has 1 aromatic carbocycles. The highest BCUT2D eigenvalue weighted by atomic mass is 32.2. The van der Waals surface area contributed by atoms with Crippen LogP contribution in [-0.2, 0) is 5.75 Å². The first-order valence-corrected chi connectivity index (χ1v) is 9.25. The van der Waals surface area contributed by atoms with Crippen molar-refractivity contribution in [1.29, 1.82) is 0 Å². The molecule has 23 heavy (non-hydrogen) atoms. The van der Waals surface area contributed by atoms with Crippen LogP contribution in [0.3, 0.4) is 0 Å². The summed E-state index contributed by atoms with van der Waals surface area (Å²) in [6, 6.07) is 7.99. The van der Waals surface area contributed by atoms with Gasteiger partial charge in [-0.25, -0.2) is 4.79 Å². The lowest BCUT2D eigenvalue weighted by Gasteiger charge is -2.31. The summed E-state index contributed by atoms with van der Waals surface area (Å²) in [5.74, 6) is 1.15. The molecule has 2 rings (SSSR count). The van der Waals surface area contributed by atoms with Gasteiger partial charge in [0, 0.05) is 35.9 Å². The van der Waals surface area contributed by atoms with E-state index in [1.54, 1.807) is 4.90 Å². The van der Waals surface area contributed by atoms with E-state index >= 15 is 0 Å². The molecular weight excluding hydrogens is 308 g/mol. The number of rotatable bonds is 4. The summed E-state index contributed by atoms with van der Waals surface area (Å²) in [6.45, 7) is 8.18. The number of nitrogens with one attached hydrogen (secondary N) is 1. The van der Waals surface area contributed by atoms with Crippen LogP contribution in [-0.4, -0.2) is 40.5 Å². The highest BCUT2D eigenvalue weighted by molar-refractivity contribution is 7.99. The summed E-state index contributed by atoms with van der Waals surface area (Å²) < 4.78 is 0.229. The van der Waals surface area contributed by atoms with Gasteiger partial charge >= 0.3 is 6.03 Å². The maximum absolute atomic E-state index is 12.4. The predicted molar refractivity (Wildman–Crippen MR) is 97.9 cm³/mol. The minimum absolute atomic E-state index is 0.0659. The fourth-order valence-corrected chi connectivity index (χ4v) is 3.42. The number of aliphatic hydroxyl groups excluding tert-OH is 1. The van der Waals surface area contributed by atoms with Crippen LogP contribution >= 0.6 is 11.8 Å². The first-order valence-electron chi connectivity index (χ1n) is 8.27. The zero-order valence-electron chi connectivity index (χ0n) is 14.3. The Labute approximate surface area is 143 Å². The van der Waals surface area contributed by atoms with Gasteiger partial charge in [-0.05, 0) is 36.5 Å². The molecule has 5 heteroatoms. The second-order valence-electron chi connectivity index (χ2n) is 7.17. The fraction of sp³-hybridized carbons (Fsp3) is 0.611. The van der Waals surface area contributed by atoms with E-state index in [4.69, 9.17) is 0 Å². The van der Waals surface area contributed by atoms with Gasteiger partial charge in [0.25, 0.3) is 0 Å². The fourth-order valence-electron chi connectivity index (χ4n) is 2.64. The Morgan fingerprint density at radius 1 is 1.43 bits per heavy atom. The number of likely N-dealkylation sites (tertiary alicyclic amines) is 1. The average molecular weight is 337 g/mol. The van der Waals surface area contributed by atoms with Crippen molar-refractivity contribution in [2.24, 2.45) is 5.92 Å². The minimum Gasteiger partial charge on any atom is -0.396 e. The molecule has 0 unspecified atom stereocenters. The zero-order chi connectivity index (χ0) is 16.9. The Hall–Kier alpha value is -1.20. The quantitative estimate of drug-likeness (QED) is 0.875. The van der Waals surface area contributed by atoms with Crippen molar-refractivity contribution < 1.29 is 9.90 Å². The van der Waals surface area contributed by atoms with Crippen LogP contribution < -0.4 is 5.32 Å². The van der Waals surface area contributed by atoms with E-state index in [0.717, 1.165) is 30.8 Å². The van der Waals surface area contributed by atoms with Crippen molar-refractivity contribution >= 4 is 23.5 Å². The lowest BCUT2D eigenvalue weighted by atomic mass is 9.99. The summed E-state index contributed by atoms with van der Waals surface area (Å²) in [5, 5.41) is 12.3. The van der Waals surface area contributed by atoms with Gasteiger partial charge in [-0.3, -0.25) is 0 Å². The summed E-state index contributed by atoms with van der Waals surface area (Å²) in [7, 11) is 0. The van der Waals surface area contributed by atoms with E-state index in [1.807, 2.05) is 30.0 Å². The van der Waals surface area contributed by atoms with Crippen LogP contribution in [0.5, 0.6) is 0 Å². The van der Waals surface area contributed by atoms with Crippen molar-refractivity contribution in [3.63, 3.8) is 0 Å². The number of urea groups is 1. The number of nitrogens with zero attached hydrogens (tertiary/aromatic N) is 1. The molecule has 1 atom stereocenters. The first kappa shape index (κ1) is 18.1. The molecule has 1 heterocycles. The molecule has 1 aromatic rings. The molecule has 0 spiro atoms. The van der Waals surface area contributed by atoms with Gasteiger partial charge in [0.2, 0.25) is 0 Å². The van der Waals surface area contributed by atoms with Gasteiger partial charge in [-0.15, -0.1) is 0 Å². The third-order valence-electron chi connectivity index (χ3n) is 3.91. The maximum atomic E-state index is 12.4. The summed E-state index contributed by atoms with van der Waals surface area (Å²) >= 11 is 1.89. The van der Waals surface area contributed by atoms with Crippen molar-refractivity contribution in [2.45, 2.75) is 44.1 Å². The Balaban J connectivity index is 1.93. The lowest BCUT2D eigenvalue weighted by molar-refractivity contribution is 0.136. The molecule has 1 aliphatic heterocycles. The van der Waals surface area contributed by atoms with Crippen molar-refractivity contribution in [1.82, 2.24) is 4.90 Å². The van der Waals surface area contributed by atoms with Gasteiger partial charge in [0.1, 0.15) is 0 Å². The number of hydrogen-bond acceptors (Lipinski definition) is 3. The second-order valence-corrected chi connectivity index (χ2v) is 8.97. The van der Waals surface area contributed by atoms with Gasteiger partial charge in [-0.1, -0.05) is 32.9 Å². The van der Waals surface area contributed by atoms with Gasteiger partial charge in [0.15, 0.2) is 0 Å². The molecule has 0 aliphatic carbocycles. The van der Waals surface area contributed by atoms with Gasteiger partial charge < -0.3 is 15.3 Å². The van der Waals surface area contributed by atoms with Gasteiger partial charge in [0.05, 0.1) is 0 Å². The molecule has 0 bridgehead atoms. The minimum atomic E-state index is -0.0659. The molecule has 0 saturated carbocycles. The maximum Gasteiger partial charge on any atom is 0.321 e. The van der Waals surface area contributed by atoms with Gasteiger partial charge in [-0.2, -0.15) is 11.8 Å². The molecule has 4 nitrogen and oxygen atoms in total. The Kier molecular flexibility index (Phi) is 6.36. The van der Waals surface area contributed by atoms with E-state index in [0.29, 0.717) is 6.54 Å². The van der Waals surface area contributed by atoms with Crippen LogP contribution in [0.15, 0.2) is 24.3 Å². The topological polar surface area (TPSA) is 52.6 Å². The van der Waals surface area contributed by atoms with Crippen LogP contribution in [0.4, 0.5) is 10.5 Å². The summed E-state index contributed by atoms with van der Waals surface area (Å²) in [5.41, 5.74) is 2.06. The van der Waals surface area contributed by atoms with Crippen molar-refractivity contribution in [3.05, 3.63) is 29.8 Å². The number of aliphatic hydroxyl groups is 1. The molecule has 128 valence electrons. The van der Waals surface area contributed by atoms with Crippen molar-refractivity contribution in [3.8, 4) is 0 Å². The van der Waals surface area contributed by atoms with Crippen molar-refractivity contribution in [2.75, 3.05) is 25.0 Å². The molecule has 0 radical (unpaired) electrons. The number of benzene rings is 1. The highest BCUT2D eigenvalue weighted by Crippen LogP contribution is 2.28. The number of carbonyl (C=O) groups excluding carboxylic acids is 1. The molecule has 2 amide bonds. The molecule has 0 aromatic heterocycles. The van der Waals surface area contributed by atoms with Crippen LogP contribution in [0.25, 0.3) is 0 Å². The molecule has 1 fully saturated rings. The number of thioether (sulfide) groups is 1. The lowest BCUT2D eigenvalue weighted by Crippen LogP contribution is -2.43. The predicted octanol–water partition coefficient (Wildman–Crippen LogP) is 3.95. The molecule has 1 saturated heterocycles. The summed E-state index contributed by atoms with van der Waals surface area (Å²) in [4.78, 5) is 14.2. The Bertz CT molecular complexity index is 528. The third kappa shape index (κ3) is 6.07. The second kappa shape index (κ2) is 8.06. The monoisotopic (exact) mass is 336 g/mol. The van der Waals surface area contributed by atoms with E-state index in [-0.39, 0.29) is 23.3 Å². The highest BCUT2D eigenvalue weighted by Gasteiger charge is 2.23. The van der Waals surface area contributed by atoms with E-state index < -0.39 is 0 Å². The standard InChI is InChI=1S/C18H28N2O2S/c1-18(2,3)23-13-14-6-4-8-16(10-14)19-17(22)20-9-5-7-15(11-20)12-21/h4,6,8,10,15,21H,5,7,9,11-13H2,1-3H3,(H,19,22)/t15-/m0/s1. The first-order chi connectivity index (χ1) is 10.9. The third-order valence-corrected chi connectivity index (χ3v) is 5.26. The zero-order valence-corrected chi connectivity index (χ0v) is 15.2.